The number of anilines is 1. The number of nitrogens with zero attached hydrogens (tertiary/aromatic N) is 2. The second-order valence-corrected chi connectivity index (χ2v) is 5.02. The average Bonchev–Trinajstić information content (AvgIpc) is 2.38. The number of alkyl halides is 3. The van der Waals surface area contributed by atoms with E-state index in [1.165, 1.54) is 6.07 Å². The maximum Gasteiger partial charge on any atom is 0.435 e. The molecule has 0 aliphatic heterocycles. The Balaban J connectivity index is 2.41. The molecule has 1 aromatic heterocycles. The van der Waals surface area contributed by atoms with Crippen LogP contribution in [0.4, 0.5) is 19.0 Å². The predicted octanol–water partition coefficient (Wildman–Crippen LogP) is 3.19. The van der Waals surface area contributed by atoms with Crippen LogP contribution in [-0.2, 0) is 11.0 Å². The normalized spacial score (nSPS) is 14.5. The van der Waals surface area contributed by atoms with Crippen molar-refractivity contribution in [3.8, 4) is 0 Å². The lowest BCUT2D eigenvalue weighted by molar-refractivity contribution is -0.142. The summed E-state index contributed by atoms with van der Waals surface area (Å²) in [5.74, 6) is -0.964. The molecule has 0 fully saturated rings. The number of hydrogen-bond acceptors (Lipinski definition) is 4. The first-order valence-electron chi connectivity index (χ1n) is 6.60. The molecular weight excluding hydrogens is 287 g/mol. The fourth-order valence-electron chi connectivity index (χ4n) is 1.74. The van der Waals surface area contributed by atoms with Crippen LogP contribution in [0.1, 0.15) is 38.8 Å². The van der Waals surface area contributed by atoms with Crippen LogP contribution < -0.4 is 5.32 Å². The standard InChI is InChI=1S/C13H18F3N3O2/c1-8(12(20)21)4-3-5-9(2)17-11-7-6-10(18-19-11)13(14,15)16/h6-9H,3-5H2,1-2H3,(H,17,19)(H,20,21). The van der Waals surface area contributed by atoms with Gasteiger partial charge in [0.05, 0.1) is 5.92 Å². The lowest BCUT2D eigenvalue weighted by atomic mass is 10.0. The molecule has 2 unspecified atom stereocenters. The number of rotatable bonds is 7. The molecule has 0 radical (unpaired) electrons. The van der Waals surface area contributed by atoms with Crippen LogP contribution in [0.2, 0.25) is 0 Å². The highest BCUT2D eigenvalue weighted by atomic mass is 19.4. The molecule has 1 rings (SSSR count). The van der Waals surface area contributed by atoms with Gasteiger partial charge in [-0.15, -0.1) is 10.2 Å². The quantitative estimate of drug-likeness (QED) is 0.809. The number of aliphatic carboxylic acids is 1. The molecular formula is C13H18F3N3O2. The van der Waals surface area contributed by atoms with E-state index in [1.807, 2.05) is 6.92 Å². The summed E-state index contributed by atoms with van der Waals surface area (Å²) in [6.07, 6.45) is -2.54. The van der Waals surface area contributed by atoms with E-state index in [9.17, 15) is 18.0 Å². The first-order valence-corrected chi connectivity index (χ1v) is 6.60. The largest absolute Gasteiger partial charge is 0.481 e. The van der Waals surface area contributed by atoms with Gasteiger partial charge in [0.2, 0.25) is 0 Å². The van der Waals surface area contributed by atoms with Crippen molar-refractivity contribution < 1.29 is 23.1 Å². The molecule has 0 aliphatic rings. The Morgan fingerprint density at radius 3 is 2.43 bits per heavy atom. The highest BCUT2D eigenvalue weighted by molar-refractivity contribution is 5.69. The van der Waals surface area contributed by atoms with Crippen molar-refractivity contribution in [1.82, 2.24) is 10.2 Å². The molecule has 2 atom stereocenters. The van der Waals surface area contributed by atoms with Crippen molar-refractivity contribution in [3.05, 3.63) is 17.8 Å². The molecule has 0 saturated carbocycles. The smallest absolute Gasteiger partial charge is 0.435 e. The molecule has 0 saturated heterocycles. The Labute approximate surface area is 120 Å². The van der Waals surface area contributed by atoms with E-state index in [-0.39, 0.29) is 11.9 Å². The summed E-state index contributed by atoms with van der Waals surface area (Å²) in [6.45, 7) is 3.49. The summed E-state index contributed by atoms with van der Waals surface area (Å²) in [5, 5.41) is 18.3. The van der Waals surface area contributed by atoms with Crippen LogP contribution >= 0.6 is 0 Å². The predicted molar refractivity (Wildman–Crippen MR) is 70.8 cm³/mol. The summed E-state index contributed by atoms with van der Waals surface area (Å²) in [6, 6.07) is 2.07. The van der Waals surface area contributed by atoms with Crippen molar-refractivity contribution in [2.45, 2.75) is 45.3 Å². The maximum absolute atomic E-state index is 12.3. The van der Waals surface area contributed by atoms with Gasteiger partial charge in [0.15, 0.2) is 5.69 Å². The Hall–Kier alpha value is -1.86. The molecule has 8 heteroatoms. The van der Waals surface area contributed by atoms with Gasteiger partial charge in [-0.1, -0.05) is 13.3 Å². The van der Waals surface area contributed by atoms with E-state index in [4.69, 9.17) is 5.11 Å². The molecule has 21 heavy (non-hydrogen) atoms. The molecule has 1 heterocycles. The molecule has 1 aromatic rings. The highest BCUT2D eigenvalue weighted by Crippen LogP contribution is 2.27. The summed E-state index contributed by atoms with van der Waals surface area (Å²) in [5.41, 5.74) is -1.03. The van der Waals surface area contributed by atoms with E-state index in [0.717, 1.165) is 6.07 Å². The van der Waals surface area contributed by atoms with Crippen molar-refractivity contribution >= 4 is 11.8 Å². The Kier molecular flexibility index (Phi) is 5.92. The summed E-state index contributed by atoms with van der Waals surface area (Å²) in [7, 11) is 0. The van der Waals surface area contributed by atoms with Crippen molar-refractivity contribution in [1.29, 1.82) is 0 Å². The summed E-state index contributed by atoms with van der Waals surface area (Å²) < 4.78 is 37.0. The number of aromatic nitrogens is 2. The number of carboxylic acid groups (broad SMARTS) is 1. The molecule has 118 valence electrons. The van der Waals surface area contributed by atoms with Crippen molar-refractivity contribution in [2.24, 2.45) is 5.92 Å². The van der Waals surface area contributed by atoms with Crippen LogP contribution in [-0.4, -0.2) is 27.3 Å². The average molecular weight is 305 g/mol. The minimum absolute atomic E-state index is 0.0305. The minimum atomic E-state index is -4.50. The monoisotopic (exact) mass is 305 g/mol. The second-order valence-electron chi connectivity index (χ2n) is 5.02. The van der Waals surface area contributed by atoms with Gasteiger partial charge >= 0.3 is 12.1 Å². The van der Waals surface area contributed by atoms with Crippen LogP contribution in [0.15, 0.2) is 12.1 Å². The van der Waals surface area contributed by atoms with E-state index in [1.54, 1.807) is 6.92 Å². The molecule has 0 aliphatic carbocycles. The third-order valence-electron chi connectivity index (χ3n) is 3.05. The molecule has 2 N–H and O–H groups in total. The molecule has 5 nitrogen and oxygen atoms in total. The fraction of sp³-hybridized carbons (Fsp3) is 0.615. The lowest BCUT2D eigenvalue weighted by Gasteiger charge is -2.15. The number of carbonyl (C=O) groups is 1. The Morgan fingerprint density at radius 1 is 1.29 bits per heavy atom. The molecule has 0 amide bonds. The Morgan fingerprint density at radius 2 is 1.95 bits per heavy atom. The summed E-state index contributed by atoms with van der Waals surface area (Å²) in [4.78, 5) is 10.7. The third-order valence-corrected chi connectivity index (χ3v) is 3.05. The number of carboxylic acids is 1. The van der Waals surface area contributed by atoms with Crippen LogP contribution in [0.5, 0.6) is 0 Å². The van der Waals surface area contributed by atoms with Gasteiger partial charge in [0.25, 0.3) is 0 Å². The number of halogens is 3. The molecule has 0 aromatic carbocycles. The first kappa shape index (κ1) is 17.2. The SMILES string of the molecule is CC(CCCC(C)C(=O)O)Nc1ccc(C(F)(F)F)nn1. The van der Waals surface area contributed by atoms with Gasteiger partial charge in [-0.3, -0.25) is 4.79 Å². The minimum Gasteiger partial charge on any atom is -0.481 e. The zero-order valence-electron chi connectivity index (χ0n) is 11.8. The van der Waals surface area contributed by atoms with E-state index in [2.05, 4.69) is 15.5 Å². The fourth-order valence-corrected chi connectivity index (χ4v) is 1.74. The van der Waals surface area contributed by atoms with Gasteiger partial charge in [-0.25, -0.2) is 0 Å². The van der Waals surface area contributed by atoms with Crippen LogP contribution in [0, 0.1) is 5.92 Å². The molecule has 0 bridgehead atoms. The number of hydrogen-bond donors (Lipinski definition) is 2. The van der Waals surface area contributed by atoms with Crippen molar-refractivity contribution in [3.63, 3.8) is 0 Å². The van der Waals surface area contributed by atoms with Crippen molar-refractivity contribution in [2.75, 3.05) is 5.32 Å². The van der Waals surface area contributed by atoms with Gasteiger partial charge in [-0.2, -0.15) is 13.2 Å². The molecule has 0 spiro atoms. The summed E-state index contributed by atoms with van der Waals surface area (Å²) >= 11 is 0. The lowest BCUT2D eigenvalue weighted by Crippen LogP contribution is -2.18. The third kappa shape index (κ3) is 5.97. The first-order chi connectivity index (χ1) is 9.70. The maximum atomic E-state index is 12.3. The Bertz CT molecular complexity index is 463. The van der Waals surface area contributed by atoms with Gasteiger partial charge < -0.3 is 10.4 Å². The van der Waals surface area contributed by atoms with E-state index >= 15 is 0 Å². The highest BCUT2D eigenvalue weighted by Gasteiger charge is 2.32. The zero-order chi connectivity index (χ0) is 16.0. The number of nitrogens with one attached hydrogen (secondary N) is 1. The van der Waals surface area contributed by atoms with Crippen LogP contribution in [0.3, 0.4) is 0 Å². The van der Waals surface area contributed by atoms with Gasteiger partial charge in [0, 0.05) is 6.04 Å². The van der Waals surface area contributed by atoms with Gasteiger partial charge in [0.1, 0.15) is 5.82 Å². The zero-order valence-corrected chi connectivity index (χ0v) is 11.8. The second kappa shape index (κ2) is 7.24. The topological polar surface area (TPSA) is 75.1 Å². The van der Waals surface area contributed by atoms with Crippen LogP contribution in [0.25, 0.3) is 0 Å². The van der Waals surface area contributed by atoms with E-state index in [0.29, 0.717) is 19.3 Å². The van der Waals surface area contributed by atoms with Gasteiger partial charge in [-0.05, 0) is 31.9 Å². The van der Waals surface area contributed by atoms with E-state index < -0.39 is 23.8 Å².